The van der Waals surface area contributed by atoms with Crippen LogP contribution in [0.2, 0.25) is 0 Å². The molecular weight excluding hydrogens is 436 g/mol. The van der Waals surface area contributed by atoms with E-state index in [1.54, 1.807) is 24.5 Å². The van der Waals surface area contributed by atoms with Crippen LogP contribution >= 0.6 is 0 Å². The molecule has 8 nitrogen and oxygen atoms in total. The molecule has 0 saturated heterocycles. The molecule has 1 aromatic carbocycles. The molecule has 0 aliphatic heterocycles. The highest BCUT2D eigenvalue weighted by Crippen LogP contribution is 2.23. The number of benzene rings is 1. The van der Waals surface area contributed by atoms with Crippen LogP contribution in [0.1, 0.15) is 44.2 Å². The van der Waals surface area contributed by atoms with E-state index in [4.69, 9.17) is 0 Å². The van der Waals surface area contributed by atoms with Gasteiger partial charge >= 0.3 is 0 Å². The van der Waals surface area contributed by atoms with E-state index in [1.165, 1.54) is 38.5 Å². The average Bonchev–Trinajstić information content (AvgIpc) is 3.14. The monoisotopic (exact) mass is 466 g/mol. The molecule has 0 unspecified atom stereocenters. The van der Waals surface area contributed by atoms with Crippen molar-refractivity contribution in [3.63, 3.8) is 0 Å². The first kappa shape index (κ1) is 22.7. The molecule has 4 aromatic rings. The molecule has 1 aliphatic carbocycles. The lowest BCUT2D eigenvalue weighted by Crippen LogP contribution is -2.18. The number of pyridine rings is 1. The van der Waals surface area contributed by atoms with Crippen LogP contribution < -0.4 is 16.0 Å². The molecule has 3 heterocycles. The first-order valence-corrected chi connectivity index (χ1v) is 12.2. The van der Waals surface area contributed by atoms with E-state index in [2.05, 4.69) is 53.0 Å². The molecule has 5 rings (SSSR count). The van der Waals surface area contributed by atoms with Gasteiger partial charge < -0.3 is 16.0 Å². The van der Waals surface area contributed by atoms with Crippen molar-refractivity contribution in [2.45, 2.75) is 51.5 Å². The Morgan fingerprint density at radius 1 is 0.686 bits per heavy atom. The lowest BCUT2D eigenvalue weighted by molar-refractivity contribution is 0.620. The topological polar surface area (TPSA) is 101 Å². The maximum absolute atomic E-state index is 4.58. The SMILES string of the molecule is Cc1cccc(-c2nccc(Nc3ccnc(Nc4ccc(NC5CCCCCC5)cc4)n3)n2)n1. The summed E-state index contributed by atoms with van der Waals surface area (Å²) in [6.45, 7) is 1.95. The fourth-order valence-corrected chi connectivity index (χ4v) is 4.28. The molecule has 0 atom stereocenters. The molecule has 1 aliphatic rings. The predicted octanol–water partition coefficient (Wildman–Crippen LogP) is 6.26. The first-order valence-electron chi connectivity index (χ1n) is 12.2. The quantitative estimate of drug-likeness (QED) is 0.274. The molecule has 35 heavy (non-hydrogen) atoms. The standard InChI is InChI=1S/C27H30N8/c1-19-7-6-10-23(30-19)26-28-17-15-24(34-26)33-25-16-18-29-27(35-25)32-22-13-11-21(12-14-22)31-20-8-4-2-3-5-9-20/h6-7,10-18,20,31H,2-5,8-9H2,1H3,(H2,28,29,32,33,34,35). The minimum Gasteiger partial charge on any atom is -0.382 e. The van der Waals surface area contributed by atoms with Crippen LogP contribution in [0.25, 0.3) is 11.5 Å². The van der Waals surface area contributed by atoms with Crippen LogP contribution in [0.15, 0.2) is 67.0 Å². The summed E-state index contributed by atoms with van der Waals surface area (Å²) in [5, 5.41) is 10.2. The summed E-state index contributed by atoms with van der Waals surface area (Å²) in [5.74, 6) is 2.34. The highest BCUT2D eigenvalue weighted by atomic mass is 15.2. The van der Waals surface area contributed by atoms with E-state index in [0.29, 0.717) is 29.5 Å². The van der Waals surface area contributed by atoms with Crippen LogP contribution in [0, 0.1) is 6.92 Å². The van der Waals surface area contributed by atoms with Gasteiger partial charge in [-0.3, -0.25) is 0 Å². The number of rotatable bonds is 7. The van der Waals surface area contributed by atoms with Gasteiger partial charge in [0.25, 0.3) is 0 Å². The van der Waals surface area contributed by atoms with Crippen molar-refractivity contribution in [1.82, 2.24) is 24.9 Å². The van der Waals surface area contributed by atoms with Gasteiger partial charge in [0.05, 0.1) is 0 Å². The van der Waals surface area contributed by atoms with E-state index in [0.717, 1.165) is 22.8 Å². The average molecular weight is 467 g/mol. The maximum atomic E-state index is 4.58. The summed E-state index contributed by atoms with van der Waals surface area (Å²) in [4.78, 5) is 22.4. The molecule has 1 saturated carbocycles. The van der Waals surface area contributed by atoms with Crippen molar-refractivity contribution in [3.05, 3.63) is 72.7 Å². The molecule has 0 radical (unpaired) electrons. The number of anilines is 5. The van der Waals surface area contributed by atoms with Crippen molar-refractivity contribution in [1.29, 1.82) is 0 Å². The third-order valence-electron chi connectivity index (χ3n) is 6.05. The summed E-state index contributed by atoms with van der Waals surface area (Å²) in [6.07, 6.45) is 11.3. The van der Waals surface area contributed by atoms with Crippen molar-refractivity contribution in [2.24, 2.45) is 0 Å². The van der Waals surface area contributed by atoms with Gasteiger partial charge in [0.15, 0.2) is 5.82 Å². The molecule has 178 valence electrons. The van der Waals surface area contributed by atoms with E-state index in [-0.39, 0.29) is 0 Å². The minimum absolute atomic E-state index is 0.508. The Morgan fingerprint density at radius 2 is 1.40 bits per heavy atom. The van der Waals surface area contributed by atoms with E-state index in [9.17, 15) is 0 Å². The molecule has 0 bridgehead atoms. The Kier molecular flexibility index (Phi) is 7.07. The highest BCUT2D eigenvalue weighted by Gasteiger charge is 2.12. The fraction of sp³-hybridized carbons (Fsp3) is 0.296. The van der Waals surface area contributed by atoms with Crippen LogP contribution in [0.4, 0.5) is 29.0 Å². The third kappa shape index (κ3) is 6.29. The lowest BCUT2D eigenvalue weighted by atomic mass is 10.1. The summed E-state index contributed by atoms with van der Waals surface area (Å²) < 4.78 is 0. The van der Waals surface area contributed by atoms with Gasteiger partial charge in [-0.05, 0) is 68.3 Å². The second kappa shape index (κ2) is 10.9. The Labute approximate surface area is 205 Å². The van der Waals surface area contributed by atoms with Crippen LogP contribution in [0.5, 0.6) is 0 Å². The van der Waals surface area contributed by atoms with Gasteiger partial charge in [0.1, 0.15) is 17.3 Å². The zero-order valence-corrected chi connectivity index (χ0v) is 19.9. The number of nitrogens with one attached hydrogen (secondary N) is 3. The van der Waals surface area contributed by atoms with E-state index >= 15 is 0 Å². The molecule has 3 N–H and O–H groups in total. The van der Waals surface area contributed by atoms with Crippen LogP contribution in [-0.2, 0) is 0 Å². The van der Waals surface area contributed by atoms with Crippen molar-refractivity contribution >= 4 is 29.0 Å². The van der Waals surface area contributed by atoms with Crippen molar-refractivity contribution in [2.75, 3.05) is 16.0 Å². The number of aryl methyl sites for hydroxylation is 1. The lowest BCUT2D eigenvalue weighted by Gasteiger charge is -2.18. The first-order chi connectivity index (χ1) is 17.2. The Hall–Kier alpha value is -4.07. The Morgan fingerprint density at radius 3 is 2.17 bits per heavy atom. The summed E-state index contributed by atoms with van der Waals surface area (Å²) >= 11 is 0. The highest BCUT2D eigenvalue weighted by molar-refractivity contribution is 5.61. The molecule has 3 aromatic heterocycles. The molecule has 8 heteroatoms. The largest absolute Gasteiger partial charge is 0.382 e. The molecule has 1 fully saturated rings. The van der Waals surface area contributed by atoms with E-state index in [1.807, 2.05) is 37.3 Å². The van der Waals surface area contributed by atoms with Gasteiger partial charge in [-0.15, -0.1) is 0 Å². The Balaban J connectivity index is 1.23. The van der Waals surface area contributed by atoms with Gasteiger partial charge in [0.2, 0.25) is 5.95 Å². The van der Waals surface area contributed by atoms with Crippen LogP contribution in [0.3, 0.4) is 0 Å². The van der Waals surface area contributed by atoms with Crippen molar-refractivity contribution in [3.8, 4) is 11.5 Å². The zero-order chi connectivity index (χ0) is 23.9. The summed E-state index contributed by atoms with van der Waals surface area (Å²) in [7, 11) is 0. The minimum atomic E-state index is 0.508. The molecule has 0 amide bonds. The molecule has 0 spiro atoms. The fourth-order valence-electron chi connectivity index (χ4n) is 4.28. The van der Waals surface area contributed by atoms with E-state index < -0.39 is 0 Å². The van der Waals surface area contributed by atoms with Gasteiger partial charge in [-0.25, -0.2) is 19.9 Å². The number of nitrogens with zero attached hydrogens (tertiary/aromatic N) is 5. The normalized spacial score (nSPS) is 14.2. The summed E-state index contributed by atoms with van der Waals surface area (Å²) in [6, 6.07) is 18.3. The smallest absolute Gasteiger partial charge is 0.229 e. The number of aromatic nitrogens is 5. The number of hydrogen-bond donors (Lipinski definition) is 3. The second-order valence-electron chi connectivity index (χ2n) is 8.86. The van der Waals surface area contributed by atoms with Crippen molar-refractivity contribution < 1.29 is 0 Å². The third-order valence-corrected chi connectivity index (χ3v) is 6.05. The maximum Gasteiger partial charge on any atom is 0.229 e. The second-order valence-corrected chi connectivity index (χ2v) is 8.86. The predicted molar refractivity (Wildman–Crippen MR) is 140 cm³/mol. The van der Waals surface area contributed by atoms with Gasteiger partial charge in [-0.1, -0.05) is 31.7 Å². The van der Waals surface area contributed by atoms with Crippen LogP contribution in [-0.4, -0.2) is 31.0 Å². The van der Waals surface area contributed by atoms with Gasteiger partial charge in [0, 0.05) is 35.5 Å². The zero-order valence-electron chi connectivity index (χ0n) is 19.9. The van der Waals surface area contributed by atoms with Gasteiger partial charge in [-0.2, -0.15) is 4.98 Å². The summed E-state index contributed by atoms with van der Waals surface area (Å²) in [5.41, 5.74) is 3.74. The Bertz CT molecular complexity index is 1250. The number of hydrogen-bond acceptors (Lipinski definition) is 8. The molecular formula is C27H30N8.